The number of alkyl halides is 1. The van der Waals surface area contributed by atoms with Crippen molar-refractivity contribution in [2.45, 2.75) is 31.7 Å². The van der Waals surface area contributed by atoms with Crippen LogP contribution < -0.4 is 4.74 Å². The van der Waals surface area contributed by atoms with Gasteiger partial charge in [0.15, 0.2) is 0 Å². The quantitative estimate of drug-likeness (QED) is 0.807. The molecule has 5 heteroatoms. The van der Waals surface area contributed by atoms with E-state index in [-0.39, 0.29) is 5.38 Å². The predicted octanol–water partition coefficient (Wildman–Crippen LogP) is 2.76. The summed E-state index contributed by atoms with van der Waals surface area (Å²) in [4.78, 5) is 0. The molecular formula is C14H16ClN3O. The van der Waals surface area contributed by atoms with E-state index in [2.05, 4.69) is 28.5 Å². The zero-order valence-corrected chi connectivity index (χ0v) is 11.6. The molecule has 0 amide bonds. The van der Waals surface area contributed by atoms with Crippen molar-refractivity contribution in [3.63, 3.8) is 0 Å². The number of halogens is 1. The van der Waals surface area contributed by atoms with Crippen molar-refractivity contribution < 1.29 is 4.74 Å². The molecule has 0 saturated carbocycles. The van der Waals surface area contributed by atoms with Crippen LogP contribution in [0.5, 0.6) is 5.75 Å². The smallest absolute Gasteiger partial charge is 0.122 e. The number of fused-ring (bicyclic) bond motifs is 1. The lowest BCUT2D eigenvalue weighted by atomic mass is 10.1. The third-order valence-electron chi connectivity index (χ3n) is 3.35. The largest absolute Gasteiger partial charge is 0.493 e. The third kappa shape index (κ3) is 2.73. The molecule has 1 aliphatic heterocycles. The van der Waals surface area contributed by atoms with Gasteiger partial charge in [0, 0.05) is 19.2 Å². The second-order valence-electron chi connectivity index (χ2n) is 4.81. The fourth-order valence-electron chi connectivity index (χ4n) is 2.24. The highest BCUT2D eigenvalue weighted by Crippen LogP contribution is 2.26. The van der Waals surface area contributed by atoms with E-state index in [0.717, 1.165) is 37.4 Å². The number of hydrogen-bond donors (Lipinski definition) is 0. The second-order valence-corrected chi connectivity index (χ2v) is 5.47. The fraction of sp³-hybridized carbons (Fsp3) is 0.429. The molecular weight excluding hydrogens is 262 g/mol. The Bertz CT molecular complexity index is 580. The van der Waals surface area contributed by atoms with E-state index in [9.17, 15) is 0 Å². The minimum absolute atomic E-state index is 0.0918. The number of ether oxygens (including phenoxy) is 1. The van der Waals surface area contributed by atoms with Crippen molar-refractivity contribution in [2.24, 2.45) is 0 Å². The summed E-state index contributed by atoms with van der Waals surface area (Å²) in [6.45, 7) is 3.52. The van der Waals surface area contributed by atoms with Crippen molar-refractivity contribution in [2.75, 3.05) is 6.61 Å². The van der Waals surface area contributed by atoms with E-state index >= 15 is 0 Å². The molecule has 1 unspecified atom stereocenters. The number of aromatic nitrogens is 3. The molecule has 2 aromatic rings. The first kappa shape index (κ1) is 12.5. The SMILES string of the molecule is CC(Cl)c1cn(CCc2ccc3c(c2)CCO3)nn1. The molecule has 19 heavy (non-hydrogen) atoms. The lowest BCUT2D eigenvalue weighted by Crippen LogP contribution is -2.02. The monoisotopic (exact) mass is 277 g/mol. The maximum atomic E-state index is 5.97. The van der Waals surface area contributed by atoms with Gasteiger partial charge in [-0.05, 0) is 30.5 Å². The highest BCUT2D eigenvalue weighted by Gasteiger charge is 2.12. The van der Waals surface area contributed by atoms with E-state index in [4.69, 9.17) is 16.3 Å². The third-order valence-corrected chi connectivity index (χ3v) is 3.57. The standard InChI is InChI=1S/C14H16ClN3O/c1-10(15)13-9-18(17-16-13)6-4-11-2-3-14-12(8-11)5-7-19-14/h2-3,8-10H,4-7H2,1H3. The van der Waals surface area contributed by atoms with Gasteiger partial charge in [-0.3, -0.25) is 4.68 Å². The van der Waals surface area contributed by atoms with Crippen LogP contribution in [0.1, 0.15) is 29.1 Å². The number of nitrogens with zero attached hydrogens (tertiary/aromatic N) is 3. The molecule has 0 radical (unpaired) electrons. The maximum absolute atomic E-state index is 5.97. The average Bonchev–Trinajstić information content (AvgIpc) is 3.04. The first-order chi connectivity index (χ1) is 9.22. The Morgan fingerprint density at radius 1 is 1.47 bits per heavy atom. The van der Waals surface area contributed by atoms with Crippen LogP contribution in [0.4, 0.5) is 0 Å². The highest BCUT2D eigenvalue weighted by molar-refractivity contribution is 6.20. The van der Waals surface area contributed by atoms with Gasteiger partial charge in [-0.2, -0.15) is 0 Å². The Morgan fingerprint density at radius 3 is 3.16 bits per heavy atom. The number of aryl methyl sites for hydroxylation is 2. The van der Waals surface area contributed by atoms with Crippen LogP contribution in [0.25, 0.3) is 0 Å². The van der Waals surface area contributed by atoms with E-state index in [1.54, 1.807) is 0 Å². The first-order valence-corrected chi connectivity index (χ1v) is 6.95. The van der Waals surface area contributed by atoms with Gasteiger partial charge in [0.2, 0.25) is 0 Å². The predicted molar refractivity (Wildman–Crippen MR) is 73.6 cm³/mol. The lowest BCUT2D eigenvalue weighted by Gasteiger charge is -2.04. The van der Waals surface area contributed by atoms with Gasteiger partial charge in [-0.15, -0.1) is 16.7 Å². The van der Waals surface area contributed by atoms with Crippen molar-refractivity contribution >= 4 is 11.6 Å². The van der Waals surface area contributed by atoms with Gasteiger partial charge in [0.1, 0.15) is 11.4 Å². The van der Waals surface area contributed by atoms with Gasteiger partial charge >= 0.3 is 0 Å². The van der Waals surface area contributed by atoms with Gasteiger partial charge in [0.05, 0.1) is 12.0 Å². The Balaban J connectivity index is 1.65. The van der Waals surface area contributed by atoms with Crippen LogP contribution >= 0.6 is 11.6 Å². The van der Waals surface area contributed by atoms with Crippen molar-refractivity contribution in [3.8, 4) is 5.75 Å². The molecule has 100 valence electrons. The van der Waals surface area contributed by atoms with Gasteiger partial charge in [-0.25, -0.2) is 0 Å². The van der Waals surface area contributed by atoms with E-state index in [1.165, 1.54) is 11.1 Å². The summed E-state index contributed by atoms with van der Waals surface area (Å²) in [6, 6.07) is 6.40. The molecule has 0 spiro atoms. The van der Waals surface area contributed by atoms with Crippen molar-refractivity contribution in [3.05, 3.63) is 41.2 Å². The number of rotatable bonds is 4. The van der Waals surface area contributed by atoms with Crippen LogP contribution in [-0.4, -0.2) is 21.6 Å². The Kier molecular flexibility index (Phi) is 3.42. The zero-order chi connectivity index (χ0) is 13.2. The molecule has 0 saturated heterocycles. The summed E-state index contributed by atoms with van der Waals surface area (Å²) in [5.41, 5.74) is 3.44. The van der Waals surface area contributed by atoms with Gasteiger partial charge in [0.25, 0.3) is 0 Å². The Morgan fingerprint density at radius 2 is 2.37 bits per heavy atom. The molecule has 4 nitrogen and oxygen atoms in total. The molecule has 1 aromatic heterocycles. The van der Waals surface area contributed by atoms with Crippen molar-refractivity contribution in [1.82, 2.24) is 15.0 Å². The fourth-order valence-corrected chi connectivity index (χ4v) is 2.34. The topological polar surface area (TPSA) is 39.9 Å². The van der Waals surface area contributed by atoms with Gasteiger partial charge in [-0.1, -0.05) is 17.3 Å². The molecule has 0 aliphatic carbocycles. The Labute approximate surface area is 117 Å². The minimum atomic E-state index is -0.0918. The number of hydrogen-bond acceptors (Lipinski definition) is 3. The molecule has 0 N–H and O–H groups in total. The first-order valence-electron chi connectivity index (χ1n) is 6.51. The van der Waals surface area contributed by atoms with Crippen LogP contribution in [0.15, 0.2) is 24.4 Å². The van der Waals surface area contributed by atoms with Gasteiger partial charge < -0.3 is 4.74 Å². The second kappa shape index (κ2) is 5.21. The maximum Gasteiger partial charge on any atom is 0.122 e. The van der Waals surface area contributed by atoms with E-state index < -0.39 is 0 Å². The number of benzene rings is 1. The summed E-state index contributed by atoms with van der Waals surface area (Å²) in [5, 5.41) is 8.04. The summed E-state index contributed by atoms with van der Waals surface area (Å²) < 4.78 is 7.35. The van der Waals surface area contributed by atoms with E-state index in [1.807, 2.05) is 17.8 Å². The van der Waals surface area contributed by atoms with Crippen LogP contribution in [0, 0.1) is 0 Å². The Hall–Kier alpha value is -1.55. The molecule has 1 aliphatic rings. The summed E-state index contributed by atoms with van der Waals surface area (Å²) in [5.74, 6) is 1.03. The highest BCUT2D eigenvalue weighted by atomic mass is 35.5. The normalized spacial score (nSPS) is 15.1. The zero-order valence-electron chi connectivity index (χ0n) is 10.8. The summed E-state index contributed by atoms with van der Waals surface area (Å²) >= 11 is 5.97. The average molecular weight is 278 g/mol. The van der Waals surface area contributed by atoms with E-state index in [0.29, 0.717) is 0 Å². The molecule has 2 heterocycles. The van der Waals surface area contributed by atoms with Crippen LogP contribution in [0.2, 0.25) is 0 Å². The molecule has 1 aromatic carbocycles. The van der Waals surface area contributed by atoms with Crippen molar-refractivity contribution in [1.29, 1.82) is 0 Å². The van der Waals surface area contributed by atoms with Crippen LogP contribution in [-0.2, 0) is 19.4 Å². The molecule has 1 atom stereocenters. The molecule has 3 rings (SSSR count). The summed E-state index contributed by atoms with van der Waals surface area (Å²) in [7, 11) is 0. The lowest BCUT2D eigenvalue weighted by molar-refractivity contribution is 0.357. The minimum Gasteiger partial charge on any atom is -0.493 e. The molecule has 0 bridgehead atoms. The summed E-state index contributed by atoms with van der Waals surface area (Å²) in [6.07, 6.45) is 3.86. The van der Waals surface area contributed by atoms with Crippen LogP contribution in [0.3, 0.4) is 0 Å². The molecule has 0 fully saturated rings.